The molecule has 2 atom stereocenters. The lowest BCUT2D eigenvalue weighted by Crippen LogP contribution is -2.40. The Morgan fingerprint density at radius 2 is 1.91 bits per heavy atom. The molecule has 3 rings (SSSR count). The van der Waals surface area contributed by atoms with E-state index in [0.29, 0.717) is 18.8 Å². The first-order valence-electron chi connectivity index (χ1n) is 10.7. The lowest BCUT2D eigenvalue weighted by molar-refractivity contribution is -0.137. The molecule has 2 heterocycles. The number of nitrogens with zero attached hydrogens (tertiary/aromatic N) is 2. The van der Waals surface area contributed by atoms with Crippen molar-refractivity contribution in [3.05, 3.63) is 60.3 Å². The molecule has 1 fully saturated rings. The molecule has 0 spiro atoms. The highest BCUT2D eigenvalue weighted by Gasteiger charge is 2.37. The number of carboxylic acids is 1. The number of hydrogen-bond acceptors (Lipinski definition) is 7. The van der Waals surface area contributed by atoms with Gasteiger partial charge in [0.2, 0.25) is 5.91 Å². The number of carboxylic acid groups (broad SMARTS) is 1. The predicted molar refractivity (Wildman–Crippen MR) is 119 cm³/mol. The van der Waals surface area contributed by atoms with E-state index < -0.39 is 18.0 Å². The second-order valence-electron chi connectivity index (χ2n) is 7.60. The van der Waals surface area contributed by atoms with Crippen molar-refractivity contribution in [2.45, 2.75) is 31.6 Å². The predicted octanol–water partition coefficient (Wildman–Crippen LogP) is 1.88. The topological polar surface area (TPSA) is 130 Å². The van der Waals surface area contributed by atoms with Crippen LogP contribution in [0.5, 0.6) is 0 Å². The van der Waals surface area contributed by atoms with E-state index in [1.807, 2.05) is 48.5 Å². The van der Waals surface area contributed by atoms with Crippen LogP contribution in [0.1, 0.15) is 18.4 Å². The van der Waals surface area contributed by atoms with Gasteiger partial charge >= 0.3 is 12.1 Å². The third-order valence-corrected chi connectivity index (χ3v) is 5.11. The number of aliphatic carboxylic acids is 1. The van der Waals surface area contributed by atoms with Crippen LogP contribution in [-0.4, -0.2) is 71.3 Å². The number of likely N-dealkylation sites (tertiary alicyclic amines) is 1. The fraction of sp³-hybridized carbons (Fsp3) is 0.391. The van der Waals surface area contributed by atoms with Crippen molar-refractivity contribution in [1.29, 1.82) is 0 Å². The van der Waals surface area contributed by atoms with E-state index >= 15 is 0 Å². The van der Waals surface area contributed by atoms with E-state index in [0.717, 1.165) is 5.56 Å². The number of aromatic nitrogens is 1. The summed E-state index contributed by atoms with van der Waals surface area (Å²) < 4.78 is 11.2. The summed E-state index contributed by atoms with van der Waals surface area (Å²) in [6.45, 7) is 0.717. The highest BCUT2D eigenvalue weighted by Crippen LogP contribution is 2.22. The molecule has 1 aromatic carbocycles. The Kier molecular flexibility index (Phi) is 9.01. The van der Waals surface area contributed by atoms with Crippen molar-refractivity contribution in [1.82, 2.24) is 15.2 Å². The SMILES string of the molecule is O=C(O)CCNC(=O)COC1CC(CNc2ccccn2)N(C(=O)OCc2ccccc2)C1. The molecule has 0 bridgehead atoms. The minimum atomic E-state index is -0.986. The maximum Gasteiger partial charge on any atom is 0.410 e. The number of anilines is 1. The van der Waals surface area contributed by atoms with Crippen LogP contribution >= 0.6 is 0 Å². The minimum absolute atomic E-state index is 0.0384. The van der Waals surface area contributed by atoms with Crippen LogP contribution in [0.2, 0.25) is 0 Å². The Morgan fingerprint density at radius 1 is 1.12 bits per heavy atom. The Morgan fingerprint density at radius 3 is 2.64 bits per heavy atom. The smallest absolute Gasteiger partial charge is 0.410 e. The molecule has 1 saturated heterocycles. The first-order valence-corrected chi connectivity index (χ1v) is 10.7. The molecule has 10 nitrogen and oxygen atoms in total. The molecule has 0 saturated carbocycles. The van der Waals surface area contributed by atoms with E-state index in [1.54, 1.807) is 11.1 Å². The first-order chi connectivity index (χ1) is 16.0. The molecule has 1 aliphatic rings. The fourth-order valence-electron chi connectivity index (χ4n) is 3.46. The zero-order valence-electron chi connectivity index (χ0n) is 18.2. The third-order valence-electron chi connectivity index (χ3n) is 5.11. The van der Waals surface area contributed by atoms with Crippen LogP contribution < -0.4 is 10.6 Å². The molecule has 33 heavy (non-hydrogen) atoms. The second-order valence-corrected chi connectivity index (χ2v) is 7.60. The Bertz CT molecular complexity index is 912. The number of benzene rings is 1. The number of carbonyl (C=O) groups excluding carboxylic acids is 2. The van der Waals surface area contributed by atoms with Crippen LogP contribution in [0.25, 0.3) is 0 Å². The lowest BCUT2D eigenvalue weighted by Gasteiger charge is -2.24. The van der Waals surface area contributed by atoms with Crippen molar-refractivity contribution >= 4 is 23.8 Å². The monoisotopic (exact) mass is 456 g/mol. The summed E-state index contributed by atoms with van der Waals surface area (Å²) in [5.74, 6) is -0.693. The van der Waals surface area contributed by atoms with E-state index in [1.165, 1.54) is 0 Å². The van der Waals surface area contributed by atoms with E-state index in [4.69, 9.17) is 14.6 Å². The van der Waals surface area contributed by atoms with Gasteiger partial charge in [0.1, 0.15) is 19.0 Å². The largest absolute Gasteiger partial charge is 0.481 e. The highest BCUT2D eigenvalue weighted by molar-refractivity contribution is 5.78. The van der Waals surface area contributed by atoms with E-state index in [9.17, 15) is 14.4 Å². The molecule has 2 aromatic rings. The molecular formula is C23H28N4O6. The van der Waals surface area contributed by atoms with Gasteiger partial charge in [0.15, 0.2) is 0 Å². The number of rotatable bonds is 11. The van der Waals surface area contributed by atoms with Crippen molar-refractivity contribution in [2.24, 2.45) is 0 Å². The van der Waals surface area contributed by atoms with Gasteiger partial charge in [-0.3, -0.25) is 9.59 Å². The summed E-state index contributed by atoms with van der Waals surface area (Å²) in [7, 11) is 0. The van der Waals surface area contributed by atoms with Gasteiger partial charge in [0.05, 0.1) is 25.1 Å². The molecule has 10 heteroatoms. The van der Waals surface area contributed by atoms with Crippen LogP contribution in [0.4, 0.5) is 10.6 Å². The quantitative estimate of drug-likeness (QED) is 0.467. The van der Waals surface area contributed by atoms with Gasteiger partial charge in [-0.05, 0) is 24.1 Å². The summed E-state index contributed by atoms with van der Waals surface area (Å²) in [5, 5.41) is 14.4. The third kappa shape index (κ3) is 8.08. The van der Waals surface area contributed by atoms with Crippen LogP contribution in [0.15, 0.2) is 54.7 Å². The Hall–Kier alpha value is -3.66. The normalized spacial score (nSPS) is 17.4. The zero-order valence-corrected chi connectivity index (χ0v) is 18.2. The van der Waals surface area contributed by atoms with Gasteiger partial charge in [0, 0.05) is 19.3 Å². The average molecular weight is 456 g/mol. The first kappa shape index (κ1) is 24.0. The van der Waals surface area contributed by atoms with Crippen molar-refractivity contribution in [2.75, 3.05) is 31.6 Å². The fourth-order valence-corrected chi connectivity index (χ4v) is 3.46. The minimum Gasteiger partial charge on any atom is -0.481 e. The summed E-state index contributed by atoms with van der Waals surface area (Å²) in [6, 6.07) is 14.7. The standard InChI is InChI=1S/C23H28N4O6/c28-21(25-11-9-22(29)30)16-32-19-12-18(13-26-20-8-4-5-10-24-20)27(14-19)23(31)33-15-17-6-2-1-3-7-17/h1-8,10,18-19H,9,11-16H2,(H,24,26)(H,25,28)(H,29,30). The van der Waals surface area contributed by atoms with Gasteiger partial charge in [-0.15, -0.1) is 0 Å². The maximum absolute atomic E-state index is 12.8. The highest BCUT2D eigenvalue weighted by atomic mass is 16.6. The maximum atomic E-state index is 12.8. The van der Waals surface area contributed by atoms with Crippen molar-refractivity contribution in [3.8, 4) is 0 Å². The average Bonchev–Trinajstić information content (AvgIpc) is 3.24. The van der Waals surface area contributed by atoms with Crippen molar-refractivity contribution < 1.29 is 29.0 Å². The number of hydrogen-bond donors (Lipinski definition) is 3. The molecule has 176 valence electrons. The Balaban J connectivity index is 1.54. The van der Waals surface area contributed by atoms with E-state index in [-0.39, 0.29) is 44.9 Å². The van der Waals surface area contributed by atoms with Gasteiger partial charge in [0.25, 0.3) is 0 Å². The van der Waals surface area contributed by atoms with Gasteiger partial charge in [-0.25, -0.2) is 9.78 Å². The molecule has 0 radical (unpaired) electrons. The lowest BCUT2D eigenvalue weighted by atomic mass is 10.2. The zero-order chi connectivity index (χ0) is 23.5. The van der Waals surface area contributed by atoms with Crippen molar-refractivity contribution in [3.63, 3.8) is 0 Å². The number of ether oxygens (including phenoxy) is 2. The van der Waals surface area contributed by atoms with Crippen LogP contribution in [0.3, 0.4) is 0 Å². The molecule has 1 aromatic heterocycles. The number of carbonyl (C=O) groups is 3. The second kappa shape index (κ2) is 12.4. The number of nitrogens with one attached hydrogen (secondary N) is 2. The number of amides is 2. The molecule has 0 aliphatic carbocycles. The van der Waals surface area contributed by atoms with Crippen LogP contribution in [-0.2, 0) is 25.7 Å². The van der Waals surface area contributed by atoms with Gasteiger partial charge < -0.3 is 30.1 Å². The molecule has 3 N–H and O–H groups in total. The van der Waals surface area contributed by atoms with Gasteiger partial charge in [-0.1, -0.05) is 36.4 Å². The van der Waals surface area contributed by atoms with Crippen LogP contribution in [0, 0.1) is 0 Å². The van der Waals surface area contributed by atoms with Gasteiger partial charge in [-0.2, -0.15) is 0 Å². The number of pyridine rings is 1. The van der Waals surface area contributed by atoms with E-state index in [2.05, 4.69) is 15.6 Å². The molecule has 2 unspecified atom stereocenters. The molecule has 1 aliphatic heterocycles. The molecular weight excluding hydrogens is 428 g/mol. The summed E-state index contributed by atoms with van der Waals surface area (Å²) >= 11 is 0. The summed E-state index contributed by atoms with van der Waals surface area (Å²) in [4.78, 5) is 41.1. The summed E-state index contributed by atoms with van der Waals surface area (Å²) in [5.41, 5.74) is 0.888. The summed E-state index contributed by atoms with van der Waals surface area (Å²) in [6.07, 6.45) is 1.23. The Labute approximate surface area is 191 Å². The molecule has 2 amide bonds.